The van der Waals surface area contributed by atoms with Crippen molar-refractivity contribution in [1.29, 1.82) is 0 Å². The van der Waals surface area contributed by atoms with Gasteiger partial charge < -0.3 is 19.9 Å². The molecule has 3 aromatic carbocycles. The number of aliphatic carboxylic acids is 1. The molecule has 1 unspecified atom stereocenters. The van der Waals surface area contributed by atoms with E-state index in [9.17, 15) is 14.7 Å². The molecule has 6 nitrogen and oxygen atoms in total. The molecule has 2 N–H and O–H groups in total. The zero-order chi connectivity index (χ0) is 25.2. The molecule has 0 spiro atoms. The number of nitrogens with one attached hydrogen (secondary N) is 1. The number of benzene rings is 3. The van der Waals surface area contributed by atoms with Gasteiger partial charge in [-0.25, -0.2) is 4.79 Å². The van der Waals surface area contributed by atoms with E-state index >= 15 is 0 Å². The van der Waals surface area contributed by atoms with Crippen LogP contribution in [0.3, 0.4) is 0 Å². The maximum Gasteiger partial charge on any atom is 0.333 e. The number of amides is 1. The first-order valence-corrected chi connectivity index (χ1v) is 12.3. The highest BCUT2D eigenvalue weighted by Gasteiger charge is 2.18. The number of halogens is 1. The van der Waals surface area contributed by atoms with Crippen LogP contribution < -0.4 is 10.1 Å². The molecule has 3 rings (SSSR count). The van der Waals surface area contributed by atoms with Gasteiger partial charge in [-0.2, -0.15) is 0 Å². The highest BCUT2D eigenvalue weighted by molar-refractivity contribution is 9.10. The quantitative estimate of drug-likeness (QED) is 0.327. The van der Waals surface area contributed by atoms with Crippen LogP contribution in [0.2, 0.25) is 0 Å². The number of carboxylic acids is 1. The van der Waals surface area contributed by atoms with Gasteiger partial charge in [-0.15, -0.1) is 0 Å². The lowest BCUT2D eigenvalue weighted by molar-refractivity contribution is -0.150. The van der Waals surface area contributed by atoms with Gasteiger partial charge in [0.1, 0.15) is 5.75 Å². The zero-order valence-electron chi connectivity index (χ0n) is 19.9. The van der Waals surface area contributed by atoms with Gasteiger partial charge in [-0.3, -0.25) is 4.79 Å². The first-order chi connectivity index (χ1) is 16.8. The van der Waals surface area contributed by atoms with Crippen molar-refractivity contribution in [2.75, 3.05) is 13.2 Å². The highest BCUT2D eigenvalue weighted by Crippen LogP contribution is 2.21. The molecule has 0 fully saturated rings. The average Bonchev–Trinajstić information content (AvgIpc) is 2.84. The van der Waals surface area contributed by atoms with E-state index in [0.717, 1.165) is 26.7 Å². The fourth-order valence-electron chi connectivity index (χ4n) is 3.65. The van der Waals surface area contributed by atoms with Crippen LogP contribution in [0.1, 0.15) is 35.2 Å². The van der Waals surface area contributed by atoms with Crippen molar-refractivity contribution in [3.05, 3.63) is 99.5 Å². The van der Waals surface area contributed by atoms with Gasteiger partial charge in [0.25, 0.3) is 5.91 Å². The number of carbonyl (C=O) groups excluding carboxylic acids is 1. The smallest absolute Gasteiger partial charge is 0.333 e. The third-order valence-electron chi connectivity index (χ3n) is 5.53. The predicted molar refractivity (Wildman–Crippen MR) is 139 cm³/mol. The molecule has 0 aliphatic carbocycles. The largest absolute Gasteiger partial charge is 0.484 e. The van der Waals surface area contributed by atoms with Crippen LogP contribution in [0, 0.1) is 6.92 Å². The van der Waals surface area contributed by atoms with Gasteiger partial charge in [0.05, 0.1) is 6.04 Å². The van der Waals surface area contributed by atoms with Crippen molar-refractivity contribution in [3.8, 4) is 5.75 Å². The molecule has 1 amide bonds. The Morgan fingerprint density at radius 3 is 2.11 bits per heavy atom. The molecule has 35 heavy (non-hydrogen) atoms. The Balaban J connectivity index is 1.60. The molecule has 0 heterocycles. The Hall–Kier alpha value is -3.16. The molecule has 0 bridgehead atoms. The van der Waals surface area contributed by atoms with Crippen LogP contribution in [0.4, 0.5) is 0 Å². The molecule has 0 aliphatic rings. The SMILES string of the molecule is CCO[C@@H](Cc1ccc(OCC(=O)NC(Cc2ccc(Br)cc2)c2ccc(C)cc2)cc1)C(=O)O. The zero-order valence-corrected chi connectivity index (χ0v) is 21.5. The summed E-state index contributed by atoms with van der Waals surface area (Å²) in [6.07, 6.45) is 0.0292. The van der Waals surface area contributed by atoms with Crippen molar-refractivity contribution < 1.29 is 24.2 Å². The molecule has 3 aromatic rings. The summed E-state index contributed by atoms with van der Waals surface area (Å²) in [7, 11) is 0. The average molecular weight is 540 g/mol. The summed E-state index contributed by atoms with van der Waals surface area (Å²) < 4.78 is 11.9. The minimum Gasteiger partial charge on any atom is -0.484 e. The number of ether oxygens (including phenoxy) is 2. The maximum absolute atomic E-state index is 12.7. The summed E-state index contributed by atoms with van der Waals surface area (Å²) in [5.41, 5.74) is 4.11. The van der Waals surface area contributed by atoms with E-state index in [-0.39, 0.29) is 25.0 Å². The van der Waals surface area contributed by atoms with E-state index in [4.69, 9.17) is 9.47 Å². The Bertz CT molecular complexity index is 1100. The van der Waals surface area contributed by atoms with Crippen LogP contribution in [0.5, 0.6) is 5.75 Å². The molecule has 184 valence electrons. The molecule has 0 aliphatic heterocycles. The molecular formula is C28H30BrNO5. The third-order valence-corrected chi connectivity index (χ3v) is 6.05. The van der Waals surface area contributed by atoms with Gasteiger partial charge in [0.2, 0.25) is 0 Å². The first kappa shape index (κ1) is 26.4. The molecular weight excluding hydrogens is 510 g/mol. The Labute approximate surface area is 214 Å². The summed E-state index contributed by atoms with van der Waals surface area (Å²) in [5.74, 6) is -0.679. The van der Waals surface area contributed by atoms with E-state index in [0.29, 0.717) is 18.8 Å². The molecule has 0 aromatic heterocycles. The topological polar surface area (TPSA) is 84.9 Å². The lowest BCUT2D eigenvalue weighted by atomic mass is 9.98. The Morgan fingerprint density at radius 2 is 1.51 bits per heavy atom. The van der Waals surface area contributed by atoms with Crippen molar-refractivity contribution in [2.45, 2.75) is 38.8 Å². The minimum atomic E-state index is -0.991. The van der Waals surface area contributed by atoms with E-state index in [1.807, 2.05) is 55.5 Å². The molecule has 0 radical (unpaired) electrons. The van der Waals surface area contributed by atoms with Crippen LogP contribution in [0.15, 0.2) is 77.3 Å². The van der Waals surface area contributed by atoms with Crippen LogP contribution in [-0.4, -0.2) is 36.3 Å². The van der Waals surface area contributed by atoms with Crippen molar-refractivity contribution in [2.24, 2.45) is 0 Å². The molecule has 2 atom stereocenters. The van der Waals surface area contributed by atoms with Crippen molar-refractivity contribution >= 4 is 27.8 Å². The monoisotopic (exact) mass is 539 g/mol. The summed E-state index contributed by atoms with van der Waals surface area (Å²) >= 11 is 3.46. The second-order valence-corrected chi connectivity index (χ2v) is 9.20. The second-order valence-electron chi connectivity index (χ2n) is 8.28. The standard InChI is InChI=1S/C28H30BrNO5/c1-3-34-26(28(32)33)17-21-8-14-24(15-9-21)35-18-27(31)30-25(22-10-4-19(2)5-11-22)16-20-6-12-23(29)13-7-20/h4-15,25-26H,3,16-18H2,1-2H3,(H,30,31)(H,32,33)/t25?,26-/m0/s1. The summed E-state index contributed by atoms with van der Waals surface area (Å²) in [6.45, 7) is 4.00. The number of carbonyl (C=O) groups is 2. The fourth-order valence-corrected chi connectivity index (χ4v) is 3.91. The van der Waals surface area contributed by atoms with E-state index < -0.39 is 12.1 Å². The van der Waals surface area contributed by atoms with Crippen LogP contribution >= 0.6 is 15.9 Å². The lowest BCUT2D eigenvalue weighted by Crippen LogP contribution is -2.33. The first-order valence-electron chi connectivity index (χ1n) is 11.5. The van der Waals surface area contributed by atoms with E-state index in [1.54, 1.807) is 31.2 Å². The third kappa shape index (κ3) is 8.53. The van der Waals surface area contributed by atoms with Gasteiger partial charge in [-0.05, 0) is 61.2 Å². The minimum absolute atomic E-state index is 0.126. The number of rotatable bonds is 12. The van der Waals surface area contributed by atoms with Crippen LogP contribution in [-0.2, 0) is 27.2 Å². The maximum atomic E-state index is 12.7. The normalized spacial score (nSPS) is 12.5. The predicted octanol–water partition coefficient (Wildman–Crippen LogP) is 5.27. The molecule has 0 saturated heterocycles. The van der Waals surface area contributed by atoms with E-state index in [1.165, 1.54) is 0 Å². The fraction of sp³-hybridized carbons (Fsp3) is 0.286. The second kappa shape index (κ2) is 13.1. The van der Waals surface area contributed by atoms with Gasteiger partial charge in [0.15, 0.2) is 12.7 Å². The van der Waals surface area contributed by atoms with Crippen molar-refractivity contribution in [1.82, 2.24) is 5.32 Å². The number of hydrogen-bond acceptors (Lipinski definition) is 4. The summed E-state index contributed by atoms with van der Waals surface area (Å²) in [5, 5.41) is 12.3. The van der Waals surface area contributed by atoms with Gasteiger partial charge >= 0.3 is 5.97 Å². The summed E-state index contributed by atoms with van der Waals surface area (Å²) in [4.78, 5) is 24.0. The van der Waals surface area contributed by atoms with Gasteiger partial charge in [-0.1, -0.05) is 70.0 Å². The van der Waals surface area contributed by atoms with E-state index in [2.05, 4.69) is 21.2 Å². The number of aryl methyl sites for hydroxylation is 1. The number of carboxylic acid groups (broad SMARTS) is 1. The van der Waals surface area contributed by atoms with Crippen LogP contribution in [0.25, 0.3) is 0 Å². The van der Waals surface area contributed by atoms with Gasteiger partial charge in [0, 0.05) is 17.5 Å². The summed E-state index contributed by atoms with van der Waals surface area (Å²) in [6, 6.07) is 23.0. The van der Waals surface area contributed by atoms with Crippen molar-refractivity contribution in [3.63, 3.8) is 0 Å². The Kier molecular flexibility index (Phi) is 9.87. The highest BCUT2D eigenvalue weighted by atomic mass is 79.9. The molecule has 7 heteroatoms. The lowest BCUT2D eigenvalue weighted by Gasteiger charge is -2.20. The number of hydrogen-bond donors (Lipinski definition) is 2. The Morgan fingerprint density at radius 1 is 0.914 bits per heavy atom. The molecule has 0 saturated carbocycles.